The highest BCUT2D eigenvalue weighted by molar-refractivity contribution is 6.35. The summed E-state index contributed by atoms with van der Waals surface area (Å²) in [6.45, 7) is 8.22. The lowest BCUT2D eigenvalue weighted by molar-refractivity contribution is 0.156. The summed E-state index contributed by atoms with van der Waals surface area (Å²) in [4.78, 5) is 29.9. The van der Waals surface area contributed by atoms with E-state index in [4.69, 9.17) is 28.2 Å². The molecular formula is C23H33Cl2N7O. The fourth-order valence-corrected chi connectivity index (χ4v) is 4.22. The second kappa shape index (κ2) is 11.2. The number of aryl methyl sites for hydroxylation is 1. The molecule has 0 bridgehead atoms. The zero-order chi connectivity index (χ0) is 24.1. The van der Waals surface area contributed by atoms with Crippen molar-refractivity contribution in [1.82, 2.24) is 24.7 Å². The quantitative estimate of drug-likeness (QED) is 0.628. The Hall–Kier alpha value is -2.29. The minimum absolute atomic E-state index is 0.0524. The maximum absolute atomic E-state index is 12.7. The molecule has 0 spiro atoms. The van der Waals surface area contributed by atoms with E-state index >= 15 is 0 Å². The lowest BCUT2D eigenvalue weighted by Crippen LogP contribution is -2.53. The third kappa shape index (κ3) is 6.62. The van der Waals surface area contributed by atoms with Crippen molar-refractivity contribution in [3.8, 4) is 0 Å². The predicted octanol–water partition coefficient (Wildman–Crippen LogP) is 4.00. The average molecular weight is 494 g/mol. The van der Waals surface area contributed by atoms with E-state index in [0.717, 1.165) is 23.5 Å². The van der Waals surface area contributed by atoms with Crippen LogP contribution in [-0.4, -0.2) is 91.1 Å². The van der Waals surface area contributed by atoms with E-state index in [1.807, 2.05) is 58.2 Å². The number of carbonyl (C=O) groups is 1. The minimum atomic E-state index is -0.0524. The predicted molar refractivity (Wildman–Crippen MR) is 136 cm³/mol. The first-order chi connectivity index (χ1) is 15.7. The molecule has 1 aromatic carbocycles. The van der Waals surface area contributed by atoms with Crippen molar-refractivity contribution in [2.45, 2.75) is 19.9 Å². The van der Waals surface area contributed by atoms with Crippen LogP contribution in [0, 0.1) is 6.92 Å². The normalized spacial score (nSPS) is 15.0. The molecular weight excluding hydrogens is 461 g/mol. The third-order valence-corrected chi connectivity index (χ3v) is 6.35. The van der Waals surface area contributed by atoms with Crippen molar-refractivity contribution in [1.29, 1.82) is 0 Å². The SMILES string of the molecule is Cc1cnc(N2CCN(C(=O)N(C)CCN(C)C)CC2)nc1N[C@H](C)c1ccc(Cl)cc1Cl. The van der Waals surface area contributed by atoms with Crippen LogP contribution in [0.5, 0.6) is 0 Å². The zero-order valence-electron chi connectivity index (χ0n) is 20.0. The Morgan fingerprint density at radius 1 is 1.15 bits per heavy atom. The number of benzene rings is 1. The van der Waals surface area contributed by atoms with Gasteiger partial charge in [0.2, 0.25) is 5.95 Å². The Labute approximate surface area is 206 Å². The number of hydrogen-bond acceptors (Lipinski definition) is 6. The van der Waals surface area contributed by atoms with Crippen molar-refractivity contribution >= 4 is 41.0 Å². The number of aromatic nitrogens is 2. The molecule has 1 aromatic heterocycles. The third-order valence-electron chi connectivity index (χ3n) is 5.78. The molecule has 1 atom stereocenters. The van der Waals surface area contributed by atoms with Crippen LogP contribution in [0.3, 0.4) is 0 Å². The van der Waals surface area contributed by atoms with Crippen LogP contribution in [-0.2, 0) is 0 Å². The molecule has 180 valence electrons. The Morgan fingerprint density at radius 2 is 1.85 bits per heavy atom. The van der Waals surface area contributed by atoms with Crippen molar-refractivity contribution < 1.29 is 4.79 Å². The molecule has 0 saturated carbocycles. The smallest absolute Gasteiger partial charge is 0.319 e. The largest absolute Gasteiger partial charge is 0.363 e. The lowest BCUT2D eigenvalue weighted by atomic mass is 10.1. The Kier molecular flexibility index (Phi) is 8.62. The summed E-state index contributed by atoms with van der Waals surface area (Å²) in [5.41, 5.74) is 1.90. The number of halogens is 2. The second-order valence-corrected chi connectivity index (χ2v) is 9.56. The molecule has 10 heteroatoms. The molecule has 33 heavy (non-hydrogen) atoms. The van der Waals surface area contributed by atoms with E-state index < -0.39 is 0 Å². The number of carbonyl (C=O) groups excluding carboxylic acids is 1. The molecule has 1 aliphatic rings. The van der Waals surface area contributed by atoms with Gasteiger partial charge in [0.15, 0.2) is 0 Å². The first-order valence-electron chi connectivity index (χ1n) is 11.1. The number of nitrogens with zero attached hydrogens (tertiary/aromatic N) is 6. The molecule has 3 rings (SSSR count). The van der Waals surface area contributed by atoms with Gasteiger partial charge in [-0.05, 0) is 45.6 Å². The topological polar surface area (TPSA) is 67.8 Å². The number of nitrogens with one attached hydrogen (secondary N) is 1. The molecule has 0 aliphatic carbocycles. The van der Waals surface area contributed by atoms with Gasteiger partial charge in [-0.25, -0.2) is 9.78 Å². The number of hydrogen-bond donors (Lipinski definition) is 1. The van der Waals surface area contributed by atoms with Gasteiger partial charge >= 0.3 is 6.03 Å². The van der Waals surface area contributed by atoms with Gasteiger partial charge < -0.3 is 24.9 Å². The molecule has 0 radical (unpaired) electrons. The van der Waals surface area contributed by atoms with E-state index in [9.17, 15) is 4.79 Å². The van der Waals surface area contributed by atoms with Crippen LogP contribution in [0.4, 0.5) is 16.6 Å². The Bertz CT molecular complexity index is 964. The Morgan fingerprint density at radius 3 is 2.48 bits per heavy atom. The highest BCUT2D eigenvalue weighted by Gasteiger charge is 2.25. The maximum Gasteiger partial charge on any atom is 0.319 e. The summed E-state index contributed by atoms with van der Waals surface area (Å²) >= 11 is 12.4. The lowest BCUT2D eigenvalue weighted by Gasteiger charge is -2.37. The molecule has 2 heterocycles. The van der Waals surface area contributed by atoms with Crippen LogP contribution >= 0.6 is 23.2 Å². The second-order valence-electron chi connectivity index (χ2n) is 8.71. The van der Waals surface area contributed by atoms with Gasteiger partial charge in [0.1, 0.15) is 5.82 Å². The van der Waals surface area contributed by atoms with Crippen LogP contribution in [0.25, 0.3) is 0 Å². The molecule has 0 unspecified atom stereocenters. The molecule has 2 amide bonds. The summed E-state index contributed by atoms with van der Waals surface area (Å²) in [5, 5.41) is 4.68. The molecule has 1 fully saturated rings. The summed E-state index contributed by atoms with van der Waals surface area (Å²) in [7, 11) is 5.87. The number of piperazine rings is 1. The number of amides is 2. The Balaban J connectivity index is 1.62. The maximum atomic E-state index is 12.7. The summed E-state index contributed by atoms with van der Waals surface area (Å²) < 4.78 is 0. The van der Waals surface area contributed by atoms with Crippen LogP contribution in [0.1, 0.15) is 24.1 Å². The van der Waals surface area contributed by atoms with Gasteiger partial charge in [-0.1, -0.05) is 29.3 Å². The van der Waals surface area contributed by atoms with Crippen molar-refractivity contribution in [2.24, 2.45) is 0 Å². The molecule has 2 aromatic rings. The highest BCUT2D eigenvalue weighted by Crippen LogP contribution is 2.29. The fourth-order valence-electron chi connectivity index (χ4n) is 3.65. The van der Waals surface area contributed by atoms with E-state index in [-0.39, 0.29) is 12.1 Å². The molecule has 1 aliphatic heterocycles. The molecule has 1 N–H and O–H groups in total. The van der Waals surface area contributed by atoms with E-state index in [2.05, 4.69) is 20.1 Å². The van der Waals surface area contributed by atoms with Gasteiger partial charge in [0, 0.05) is 68.1 Å². The number of anilines is 2. The first-order valence-corrected chi connectivity index (χ1v) is 11.9. The standard InChI is InChI=1S/C23H33Cl2N7O/c1-16-15-26-22(28-21(16)27-17(2)19-7-6-18(24)14-20(19)25)31-10-12-32(13-11-31)23(33)30(5)9-8-29(3)4/h6-7,14-15,17H,8-13H2,1-5H3,(H,26,27,28)/t17-/m1/s1. The number of rotatable bonds is 7. The average Bonchev–Trinajstić information content (AvgIpc) is 2.78. The molecule has 1 saturated heterocycles. The fraction of sp³-hybridized carbons (Fsp3) is 0.522. The van der Waals surface area contributed by atoms with Gasteiger partial charge in [-0.15, -0.1) is 0 Å². The summed E-state index contributed by atoms with van der Waals surface area (Å²) in [6.07, 6.45) is 1.83. The van der Waals surface area contributed by atoms with E-state index in [0.29, 0.717) is 48.7 Å². The van der Waals surface area contributed by atoms with Crippen LogP contribution < -0.4 is 10.2 Å². The van der Waals surface area contributed by atoms with E-state index in [1.54, 1.807) is 11.0 Å². The minimum Gasteiger partial charge on any atom is -0.363 e. The zero-order valence-corrected chi connectivity index (χ0v) is 21.5. The number of urea groups is 1. The monoisotopic (exact) mass is 493 g/mol. The van der Waals surface area contributed by atoms with Crippen molar-refractivity contribution in [2.75, 3.05) is 70.6 Å². The highest BCUT2D eigenvalue weighted by atomic mass is 35.5. The van der Waals surface area contributed by atoms with Crippen LogP contribution in [0.2, 0.25) is 10.0 Å². The summed E-state index contributed by atoms with van der Waals surface area (Å²) in [6, 6.07) is 5.51. The first kappa shape index (κ1) is 25.3. The van der Waals surface area contributed by atoms with Gasteiger partial charge in [0.25, 0.3) is 0 Å². The summed E-state index contributed by atoms with van der Waals surface area (Å²) in [5.74, 6) is 1.42. The van der Waals surface area contributed by atoms with Crippen molar-refractivity contribution in [3.05, 3.63) is 45.6 Å². The van der Waals surface area contributed by atoms with Gasteiger partial charge in [0.05, 0.1) is 6.04 Å². The number of likely N-dealkylation sites (N-methyl/N-ethyl adjacent to an activating group) is 2. The van der Waals surface area contributed by atoms with Crippen LogP contribution in [0.15, 0.2) is 24.4 Å². The van der Waals surface area contributed by atoms with E-state index in [1.165, 1.54) is 0 Å². The van der Waals surface area contributed by atoms with Crippen molar-refractivity contribution in [3.63, 3.8) is 0 Å². The van der Waals surface area contributed by atoms with Gasteiger partial charge in [-0.2, -0.15) is 4.98 Å². The molecule has 8 nitrogen and oxygen atoms in total. The van der Waals surface area contributed by atoms with Gasteiger partial charge in [-0.3, -0.25) is 0 Å².